The fraction of sp³-hybridized carbons (Fsp3) is 0.240. The van der Waals surface area contributed by atoms with Crippen LogP contribution in [0.4, 0.5) is 33.6 Å². The maximum atomic E-state index is 14.4. The number of carbonyl (C=O) groups excluding carboxylic acids is 2. The number of alkyl halides is 4. The lowest BCUT2D eigenvalue weighted by atomic mass is 9.91. The summed E-state index contributed by atoms with van der Waals surface area (Å²) in [6.45, 7) is 4.84. The minimum atomic E-state index is -4.64. The van der Waals surface area contributed by atoms with Crippen LogP contribution in [0.1, 0.15) is 48.2 Å². The molecule has 1 fully saturated rings. The van der Waals surface area contributed by atoms with E-state index in [1.54, 1.807) is 24.4 Å². The molecule has 7 aromatic rings. The normalized spacial score (nSPS) is 13.9. The fourth-order valence-electron chi connectivity index (χ4n) is 8.22. The number of aromatic nitrogens is 3. The number of ether oxygens (including phenoxy) is 1. The van der Waals surface area contributed by atoms with E-state index in [-0.39, 0.29) is 59.9 Å². The van der Waals surface area contributed by atoms with Gasteiger partial charge in [0.25, 0.3) is 14.2 Å². The first kappa shape index (κ1) is 44.9. The van der Waals surface area contributed by atoms with E-state index in [1.165, 1.54) is 39.7 Å². The predicted molar refractivity (Wildman–Crippen MR) is 242 cm³/mol. The van der Waals surface area contributed by atoms with Gasteiger partial charge in [-0.1, -0.05) is 118 Å². The summed E-state index contributed by atoms with van der Waals surface area (Å²) < 4.78 is 80.9. The van der Waals surface area contributed by atoms with Crippen molar-refractivity contribution in [3.05, 3.63) is 168 Å². The van der Waals surface area contributed by atoms with E-state index in [1.807, 2.05) is 66.7 Å². The van der Waals surface area contributed by atoms with E-state index >= 15 is 0 Å². The van der Waals surface area contributed by atoms with Gasteiger partial charge in [0, 0.05) is 30.4 Å². The van der Waals surface area contributed by atoms with E-state index in [2.05, 4.69) is 60.4 Å². The number of likely N-dealkylation sites (tertiary alicyclic amines) is 1. The lowest BCUT2D eigenvalue weighted by Crippen LogP contribution is -2.67. The number of fused-ring (bicyclic) bond motifs is 1. The van der Waals surface area contributed by atoms with Gasteiger partial charge in [-0.3, -0.25) is 9.59 Å². The van der Waals surface area contributed by atoms with Crippen molar-refractivity contribution >= 4 is 47.7 Å². The monoisotopic (exact) mass is 903 g/mol. The zero-order valence-electron chi connectivity index (χ0n) is 35.9. The molecule has 1 atom stereocenters. The second-order valence-corrected chi connectivity index (χ2v) is 21.4. The maximum Gasteiger partial charge on any atom is 0.422 e. The Labute approximate surface area is 374 Å². The molecule has 3 heterocycles. The largest absolute Gasteiger partial charge is 0.482 e. The molecule has 334 valence electrons. The molecule has 0 spiro atoms. The highest BCUT2D eigenvalue weighted by atomic mass is 28.4. The van der Waals surface area contributed by atoms with Crippen LogP contribution in [-0.4, -0.2) is 78.2 Å². The number of hydrogen-bond donors (Lipinski definition) is 1. The van der Waals surface area contributed by atoms with Crippen molar-refractivity contribution < 1.29 is 40.7 Å². The fourth-order valence-corrected chi connectivity index (χ4v) is 12.8. The minimum Gasteiger partial charge on any atom is -0.482 e. The van der Waals surface area contributed by atoms with Gasteiger partial charge in [-0.2, -0.15) is 18.2 Å². The van der Waals surface area contributed by atoms with Crippen molar-refractivity contribution in [2.75, 3.05) is 31.6 Å². The van der Waals surface area contributed by atoms with Crippen molar-refractivity contribution in [1.29, 1.82) is 0 Å². The van der Waals surface area contributed by atoms with Gasteiger partial charge in [0.2, 0.25) is 5.95 Å². The number of benzene rings is 5. The minimum absolute atomic E-state index is 0.0515. The van der Waals surface area contributed by atoms with Crippen LogP contribution in [0.5, 0.6) is 5.75 Å². The first-order valence-corrected chi connectivity index (χ1v) is 23.0. The number of halogens is 5. The van der Waals surface area contributed by atoms with Gasteiger partial charge in [0.15, 0.2) is 12.3 Å². The summed E-state index contributed by atoms with van der Waals surface area (Å²) in [5.74, 6) is -1.87. The average molecular weight is 904 g/mol. The molecule has 0 aliphatic carbocycles. The van der Waals surface area contributed by atoms with Crippen molar-refractivity contribution in [3.63, 3.8) is 0 Å². The highest BCUT2D eigenvalue weighted by Gasteiger charge is 2.50. The number of amides is 1. The topological polar surface area (TPSA) is 98.1 Å². The van der Waals surface area contributed by atoms with E-state index in [4.69, 9.17) is 9.16 Å². The Hall–Kier alpha value is -6.71. The maximum absolute atomic E-state index is 14.4. The van der Waals surface area contributed by atoms with Gasteiger partial charge in [0.1, 0.15) is 23.5 Å². The smallest absolute Gasteiger partial charge is 0.422 e. The van der Waals surface area contributed by atoms with Gasteiger partial charge in [-0.15, -0.1) is 5.10 Å². The highest BCUT2D eigenvalue weighted by molar-refractivity contribution is 6.99. The Morgan fingerprint density at radius 1 is 0.815 bits per heavy atom. The average Bonchev–Trinajstić information content (AvgIpc) is 3.68. The van der Waals surface area contributed by atoms with E-state index in [0.717, 1.165) is 27.1 Å². The van der Waals surface area contributed by atoms with Gasteiger partial charge in [-0.05, 0) is 74.6 Å². The Kier molecular flexibility index (Phi) is 12.7. The van der Waals surface area contributed by atoms with Gasteiger partial charge < -0.3 is 19.4 Å². The molecule has 0 radical (unpaired) electrons. The van der Waals surface area contributed by atoms with Crippen LogP contribution in [-0.2, 0) is 15.6 Å². The lowest BCUT2D eigenvalue weighted by molar-refractivity contribution is -0.153. The summed E-state index contributed by atoms with van der Waals surface area (Å²) in [6.07, 6.45) is -3.94. The molecule has 8 rings (SSSR count). The molecule has 15 heteroatoms. The quantitative estimate of drug-likeness (QED) is 0.0809. The first-order chi connectivity index (χ1) is 31.1. The van der Waals surface area contributed by atoms with E-state index < -0.39 is 44.9 Å². The number of hydrogen-bond acceptors (Lipinski definition) is 7. The molecule has 1 amide bonds. The van der Waals surface area contributed by atoms with Crippen LogP contribution in [0.3, 0.4) is 0 Å². The van der Waals surface area contributed by atoms with Crippen molar-refractivity contribution in [3.8, 4) is 16.9 Å². The third-order valence-electron chi connectivity index (χ3n) is 11.5. The van der Waals surface area contributed by atoms with Crippen LogP contribution in [0.15, 0.2) is 146 Å². The third kappa shape index (κ3) is 10.0. The van der Waals surface area contributed by atoms with Crippen molar-refractivity contribution in [2.45, 2.75) is 50.5 Å². The number of carbonyl (C=O) groups is 2. The highest BCUT2D eigenvalue weighted by Crippen LogP contribution is 2.38. The summed E-state index contributed by atoms with van der Waals surface area (Å²) in [5, 5.41) is 9.23. The summed E-state index contributed by atoms with van der Waals surface area (Å²) in [6, 6.07) is 41.5. The number of ketones is 1. The molecule has 5 aromatic carbocycles. The molecule has 2 aromatic heterocycles. The predicted octanol–water partition coefficient (Wildman–Crippen LogP) is 9.49. The SMILES string of the molecule is CC(C)(C)[Si](OCC(C(=O)Cc1ccc(-c2ccc3nc(Nc4ccc(C(=O)N5CC(F)C5)cc4OCC(F)(F)F)nn3c2)cc1)c1ccc(F)cc1)(c1ccccc1)c1ccccc1. The van der Waals surface area contributed by atoms with Crippen molar-refractivity contribution in [1.82, 2.24) is 19.5 Å². The number of anilines is 2. The number of rotatable bonds is 15. The molecule has 65 heavy (non-hydrogen) atoms. The number of nitrogens with one attached hydrogen (secondary N) is 1. The molecular formula is C50H46F5N5O4Si. The molecule has 9 nitrogen and oxygen atoms in total. The molecule has 1 aliphatic heterocycles. The van der Waals surface area contributed by atoms with Gasteiger partial charge in [-0.25, -0.2) is 13.3 Å². The van der Waals surface area contributed by atoms with Gasteiger partial charge in [0.05, 0.1) is 24.7 Å². The standard InChI is InChI=1S/C50H46F5N5O4Si/c1-49(2,3)65(40-10-6-4-7-11-40,41-12-8-5-9-13-41)64-31-42(35-18-22-38(51)23-19-35)44(61)26-33-14-16-34(17-15-33)37-21-25-46-57-48(58-60(46)28-37)56-43-24-20-36(47(62)59-29-39(52)30-59)27-45(43)63-32-50(53,54)55/h4-25,27-28,39,42H,26,29-32H2,1-3H3,(H,56,58). The molecule has 1 saturated heterocycles. The van der Waals surface area contributed by atoms with Crippen LogP contribution in [0, 0.1) is 5.82 Å². The Morgan fingerprint density at radius 2 is 1.45 bits per heavy atom. The summed E-state index contributed by atoms with van der Waals surface area (Å²) >= 11 is 0. The van der Waals surface area contributed by atoms with Crippen LogP contribution in [0.25, 0.3) is 16.8 Å². The zero-order valence-corrected chi connectivity index (χ0v) is 36.9. The Morgan fingerprint density at radius 3 is 2.05 bits per heavy atom. The second-order valence-electron chi connectivity index (χ2n) is 17.1. The van der Waals surface area contributed by atoms with Crippen LogP contribution >= 0.6 is 0 Å². The van der Waals surface area contributed by atoms with Crippen LogP contribution < -0.4 is 20.4 Å². The van der Waals surface area contributed by atoms with Gasteiger partial charge >= 0.3 is 6.18 Å². The zero-order chi connectivity index (χ0) is 45.9. The number of Topliss-reactive ketones (excluding diaryl/α,β-unsaturated/α-hetero) is 1. The summed E-state index contributed by atoms with van der Waals surface area (Å²) in [7, 11) is -3.01. The van der Waals surface area contributed by atoms with Crippen molar-refractivity contribution in [2.24, 2.45) is 0 Å². The first-order valence-electron chi connectivity index (χ1n) is 21.1. The lowest BCUT2D eigenvalue weighted by Gasteiger charge is -2.43. The number of pyridine rings is 1. The summed E-state index contributed by atoms with van der Waals surface area (Å²) in [4.78, 5) is 32.9. The molecule has 1 aliphatic rings. The molecule has 0 saturated carbocycles. The summed E-state index contributed by atoms with van der Waals surface area (Å²) in [5.41, 5.74) is 3.62. The Bertz CT molecular complexity index is 2740. The van der Waals surface area contributed by atoms with Crippen LogP contribution in [0.2, 0.25) is 5.04 Å². The molecular weight excluding hydrogens is 858 g/mol. The molecule has 0 bridgehead atoms. The van der Waals surface area contributed by atoms with E-state index in [9.17, 15) is 31.5 Å². The molecule has 1 unspecified atom stereocenters. The second kappa shape index (κ2) is 18.4. The Balaban J connectivity index is 1.00. The third-order valence-corrected chi connectivity index (χ3v) is 16.5. The number of nitrogens with zero attached hydrogens (tertiary/aromatic N) is 4. The van der Waals surface area contributed by atoms with E-state index in [0.29, 0.717) is 11.2 Å². The molecule has 1 N–H and O–H groups in total.